The number of rotatable bonds is 4. The van der Waals surface area contributed by atoms with Crippen LogP contribution in [-0.4, -0.2) is 24.1 Å². The molecule has 0 aliphatic heterocycles. The van der Waals surface area contributed by atoms with E-state index in [9.17, 15) is 0 Å². The van der Waals surface area contributed by atoms with Gasteiger partial charge in [0.25, 0.3) is 0 Å². The molecule has 0 fully saturated rings. The summed E-state index contributed by atoms with van der Waals surface area (Å²) in [6.07, 6.45) is -0.267. The lowest BCUT2D eigenvalue weighted by Gasteiger charge is -2.05. The van der Waals surface area contributed by atoms with Crippen molar-refractivity contribution in [2.45, 2.75) is 17.9 Å². The summed E-state index contributed by atoms with van der Waals surface area (Å²) in [5.74, 6) is 1.57. The van der Waals surface area contributed by atoms with Crippen molar-refractivity contribution >= 4 is 11.8 Å². The molecule has 0 saturated heterocycles. The molecule has 1 atom stereocenters. The monoisotopic (exact) mass is 198 g/mol. The van der Waals surface area contributed by atoms with Crippen LogP contribution >= 0.6 is 11.8 Å². The number of aliphatic hydroxyl groups excluding tert-OH is 1. The van der Waals surface area contributed by atoms with Crippen LogP contribution in [-0.2, 0) is 0 Å². The van der Waals surface area contributed by atoms with Gasteiger partial charge in [0.15, 0.2) is 0 Å². The van der Waals surface area contributed by atoms with Crippen LogP contribution in [0, 0.1) is 0 Å². The smallest absolute Gasteiger partial charge is 0.119 e. The minimum Gasteiger partial charge on any atom is -0.497 e. The zero-order chi connectivity index (χ0) is 9.68. The number of hydrogen-bond donors (Lipinski definition) is 1. The zero-order valence-electron chi connectivity index (χ0n) is 7.86. The number of thioether (sulfide) groups is 1. The van der Waals surface area contributed by atoms with Crippen LogP contribution < -0.4 is 4.74 Å². The number of ether oxygens (including phenoxy) is 1. The third-order valence-corrected chi connectivity index (χ3v) is 2.77. The van der Waals surface area contributed by atoms with Crippen LogP contribution in [0.15, 0.2) is 29.2 Å². The minimum absolute atomic E-state index is 0.267. The molecule has 1 rings (SSSR count). The van der Waals surface area contributed by atoms with E-state index in [1.165, 1.54) is 0 Å². The SMILES string of the molecule is COc1cccc(SC[C@@H](C)O)c1. The Balaban J connectivity index is 2.56. The van der Waals surface area contributed by atoms with Gasteiger partial charge in [-0.2, -0.15) is 0 Å². The van der Waals surface area contributed by atoms with Crippen LogP contribution in [0.1, 0.15) is 6.92 Å². The molecule has 13 heavy (non-hydrogen) atoms. The predicted molar refractivity (Wildman–Crippen MR) is 55.4 cm³/mol. The second kappa shape index (κ2) is 5.14. The lowest BCUT2D eigenvalue weighted by Crippen LogP contribution is -2.02. The van der Waals surface area contributed by atoms with Crippen molar-refractivity contribution in [2.75, 3.05) is 12.9 Å². The Morgan fingerprint density at radius 3 is 2.92 bits per heavy atom. The van der Waals surface area contributed by atoms with Crippen LogP contribution in [0.5, 0.6) is 5.75 Å². The first-order chi connectivity index (χ1) is 6.22. The molecule has 0 aromatic heterocycles. The second-order valence-corrected chi connectivity index (χ2v) is 3.93. The number of benzene rings is 1. The highest BCUT2D eigenvalue weighted by atomic mass is 32.2. The topological polar surface area (TPSA) is 29.5 Å². The Bertz CT molecular complexity index is 261. The van der Waals surface area contributed by atoms with Crippen LogP contribution in [0.3, 0.4) is 0 Å². The second-order valence-electron chi connectivity index (χ2n) is 2.84. The largest absolute Gasteiger partial charge is 0.497 e. The van der Waals surface area contributed by atoms with Gasteiger partial charge in [0, 0.05) is 10.6 Å². The molecule has 0 radical (unpaired) electrons. The summed E-state index contributed by atoms with van der Waals surface area (Å²) in [6, 6.07) is 7.83. The molecule has 72 valence electrons. The van der Waals surface area contributed by atoms with E-state index in [1.807, 2.05) is 24.3 Å². The maximum Gasteiger partial charge on any atom is 0.119 e. The first-order valence-corrected chi connectivity index (χ1v) is 5.16. The van der Waals surface area contributed by atoms with E-state index in [0.717, 1.165) is 10.6 Å². The molecular weight excluding hydrogens is 184 g/mol. The molecule has 0 bridgehead atoms. The van der Waals surface area contributed by atoms with Gasteiger partial charge in [-0.05, 0) is 25.1 Å². The standard InChI is InChI=1S/C10H14O2S/c1-8(11)7-13-10-5-3-4-9(6-10)12-2/h3-6,8,11H,7H2,1-2H3/t8-/m1/s1. The molecule has 0 amide bonds. The molecule has 0 saturated carbocycles. The summed E-state index contributed by atoms with van der Waals surface area (Å²) in [5, 5.41) is 9.09. The fourth-order valence-electron chi connectivity index (χ4n) is 0.908. The summed E-state index contributed by atoms with van der Waals surface area (Å²) < 4.78 is 5.09. The summed E-state index contributed by atoms with van der Waals surface area (Å²) in [4.78, 5) is 1.13. The highest BCUT2D eigenvalue weighted by Crippen LogP contribution is 2.23. The van der Waals surface area contributed by atoms with E-state index < -0.39 is 0 Å². The molecule has 1 aromatic carbocycles. The third-order valence-electron chi connectivity index (χ3n) is 1.53. The number of hydrogen-bond acceptors (Lipinski definition) is 3. The Labute approximate surface area is 82.9 Å². The minimum atomic E-state index is -0.267. The maximum absolute atomic E-state index is 9.09. The molecule has 1 N–H and O–H groups in total. The number of aliphatic hydroxyl groups is 1. The van der Waals surface area contributed by atoms with Crippen molar-refractivity contribution in [1.82, 2.24) is 0 Å². The van der Waals surface area contributed by atoms with Gasteiger partial charge in [-0.15, -0.1) is 11.8 Å². The van der Waals surface area contributed by atoms with Crippen molar-refractivity contribution in [2.24, 2.45) is 0 Å². The van der Waals surface area contributed by atoms with E-state index in [0.29, 0.717) is 5.75 Å². The normalized spacial score (nSPS) is 12.5. The van der Waals surface area contributed by atoms with Gasteiger partial charge in [0.1, 0.15) is 5.75 Å². The fraction of sp³-hybridized carbons (Fsp3) is 0.400. The van der Waals surface area contributed by atoms with Crippen LogP contribution in [0.25, 0.3) is 0 Å². The lowest BCUT2D eigenvalue weighted by atomic mass is 10.3. The van der Waals surface area contributed by atoms with E-state index in [1.54, 1.807) is 25.8 Å². The quantitative estimate of drug-likeness (QED) is 0.752. The van der Waals surface area contributed by atoms with E-state index in [2.05, 4.69) is 0 Å². The van der Waals surface area contributed by atoms with Gasteiger partial charge in [0.2, 0.25) is 0 Å². The highest BCUT2D eigenvalue weighted by Gasteiger charge is 1.99. The molecule has 0 aliphatic carbocycles. The average Bonchev–Trinajstić information content (AvgIpc) is 2.15. The summed E-state index contributed by atoms with van der Waals surface area (Å²) in [6.45, 7) is 1.78. The number of methoxy groups -OCH3 is 1. The molecule has 0 unspecified atom stereocenters. The van der Waals surface area contributed by atoms with Gasteiger partial charge in [0.05, 0.1) is 13.2 Å². The lowest BCUT2D eigenvalue weighted by molar-refractivity contribution is 0.220. The molecule has 2 nitrogen and oxygen atoms in total. The van der Waals surface area contributed by atoms with Gasteiger partial charge in [-0.1, -0.05) is 6.07 Å². The molecule has 1 aromatic rings. The van der Waals surface area contributed by atoms with Crippen molar-refractivity contribution in [1.29, 1.82) is 0 Å². The van der Waals surface area contributed by atoms with Gasteiger partial charge in [-0.3, -0.25) is 0 Å². The predicted octanol–water partition coefficient (Wildman–Crippen LogP) is 2.17. The Morgan fingerprint density at radius 1 is 1.54 bits per heavy atom. The van der Waals surface area contributed by atoms with Crippen LogP contribution in [0.2, 0.25) is 0 Å². The zero-order valence-corrected chi connectivity index (χ0v) is 8.67. The Hall–Kier alpha value is -0.670. The van der Waals surface area contributed by atoms with Crippen molar-refractivity contribution < 1.29 is 9.84 Å². The Morgan fingerprint density at radius 2 is 2.31 bits per heavy atom. The molecule has 0 aliphatic rings. The van der Waals surface area contributed by atoms with Gasteiger partial charge in [-0.25, -0.2) is 0 Å². The van der Waals surface area contributed by atoms with Gasteiger partial charge >= 0.3 is 0 Å². The Kier molecular flexibility index (Phi) is 4.12. The molecular formula is C10H14O2S. The molecule has 0 spiro atoms. The first kappa shape index (κ1) is 10.4. The van der Waals surface area contributed by atoms with Crippen molar-refractivity contribution in [3.8, 4) is 5.75 Å². The maximum atomic E-state index is 9.09. The first-order valence-electron chi connectivity index (χ1n) is 4.17. The van der Waals surface area contributed by atoms with Crippen LogP contribution in [0.4, 0.5) is 0 Å². The van der Waals surface area contributed by atoms with E-state index in [4.69, 9.17) is 9.84 Å². The summed E-state index contributed by atoms with van der Waals surface area (Å²) in [7, 11) is 1.65. The van der Waals surface area contributed by atoms with Gasteiger partial charge < -0.3 is 9.84 Å². The molecule has 0 heterocycles. The summed E-state index contributed by atoms with van der Waals surface area (Å²) in [5.41, 5.74) is 0. The van der Waals surface area contributed by atoms with E-state index >= 15 is 0 Å². The molecule has 3 heteroatoms. The third kappa shape index (κ3) is 3.70. The summed E-state index contributed by atoms with van der Waals surface area (Å²) >= 11 is 1.63. The van der Waals surface area contributed by atoms with E-state index in [-0.39, 0.29) is 6.10 Å². The van der Waals surface area contributed by atoms with Crippen molar-refractivity contribution in [3.63, 3.8) is 0 Å². The van der Waals surface area contributed by atoms with Crippen molar-refractivity contribution in [3.05, 3.63) is 24.3 Å². The average molecular weight is 198 g/mol. The highest BCUT2D eigenvalue weighted by molar-refractivity contribution is 7.99. The fourth-order valence-corrected chi connectivity index (χ4v) is 1.72.